The molecule has 3 N–H and O–H groups in total. The minimum absolute atomic E-state index is 0.0574. The Morgan fingerprint density at radius 1 is 0.900 bits per heavy atom. The highest BCUT2D eigenvalue weighted by Gasteiger charge is 2.20. The number of aryl methyl sites for hydroxylation is 1. The molecule has 3 amide bonds. The lowest BCUT2D eigenvalue weighted by Gasteiger charge is -2.12. The van der Waals surface area contributed by atoms with Gasteiger partial charge in [-0.25, -0.2) is 4.79 Å². The van der Waals surface area contributed by atoms with E-state index in [0.29, 0.717) is 35.8 Å². The Labute approximate surface area is 175 Å². The summed E-state index contributed by atoms with van der Waals surface area (Å²) in [4.78, 5) is 24.3. The predicted molar refractivity (Wildman–Crippen MR) is 118 cm³/mol. The van der Waals surface area contributed by atoms with Crippen molar-refractivity contribution in [1.82, 2.24) is 5.16 Å². The van der Waals surface area contributed by atoms with Crippen LogP contribution in [0.5, 0.6) is 0 Å². The summed E-state index contributed by atoms with van der Waals surface area (Å²) in [5.41, 5.74) is 2.20. The maximum absolute atomic E-state index is 12.1. The van der Waals surface area contributed by atoms with Crippen molar-refractivity contribution in [3.63, 3.8) is 0 Å². The number of nitrogens with zero attached hydrogens (tertiary/aromatic N) is 1. The molecular formula is C23H26N4O3. The van der Waals surface area contributed by atoms with E-state index in [2.05, 4.69) is 21.1 Å². The highest BCUT2D eigenvalue weighted by molar-refractivity contribution is 5.99. The SMILES string of the molecule is CC(C)(C)c1cc(NC(=O)Nc2ccc(NC(=O)CCc3ccccc3)cc2)no1. The van der Waals surface area contributed by atoms with Gasteiger partial charge < -0.3 is 15.2 Å². The smallest absolute Gasteiger partial charge is 0.324 e. The first-order chi connectivity index (χ1) is 14.3. The molecule has 0 bridgehead atoms. The van der Waals surface area contributed by atoms with Gasteiger partial charge in [0.05, 0.1) is 0 Å². The van der Waals surface area contributed by atoms with Gasteiger partial charge in [0.15, 0.2) is 5.82 Å². The van der Waals surface area contributed by atoms with Crippen LogP contribution in [0.2, 0.25) is 0 Å². The van der Waals surface area contributed by atoms with E-state index >= 15 is 0 Å². The third-order valence-corrected chi connectivity index (χ3v) is 4.40. The van der Waals surface area contributed by atoms with Crippen molar-refractivity contribution < 1.29 is 14.1 Å². The normalized spacial score (nSPS) is 11.0. The number of hydrogen-bond donors (Lipinski definition) is 3. The van der Waals surface area contributed by atoms with Crippen LogP contribution in [0.1, 0.15) is 38.5 Å². The number of urea groups is 1. The van der Waals surface area contributed by atoms with Gasteiger partial charge in [-0.1, -0.05) is 56.3 Å². The van der Waals surface area contributed by atoms with E-state index < -0.39 is 6.03 Å². The molecule has 0 aliphatic rings. The monoisotopic (exact) mass is 406 g/mol. The van der Waals surface area contributed by atoms with E-state index in [1.54, 1.807) is 30.3 Å². The summed E-state index contributed by atoms with van der Waals surface area (Å²) in [6.45, 7) is 6.00. The quantitative estimate of drug-likeness (QED) is 0.525. The van der Waals surface area contributed by atoms with Crippen molar-refractivity contribution in [2.45, 2.75) is 39.0 Å². The maximum Gasteiger partial charge on any atom is 0.324 e. The third kappa shape index (κ3) is 6.20. The van der Waals surface area contributed by atoms with E-state index in [1.165, 1.54) is 0 Å². The number of benzene rings is 2. The van der Waals surface area contributed by atoms with Gasteiger partial charge in [0.25, 0.3) is 0 Å². The Balaban J connectivity index is 1.47. The Morgan fingerprint density at radius 2 is 1.53 bits per heavy atom. The Hall–Kier alpha value is -3.61. The summed E-state index contributed by atoms with van der Waals surface area (Å²) < 4.78 is 5.25. The fourth-order valence-corrected chi connectivity index (χ4v) is 2.73. The summed E-state index contributed by atoms with van der Waals surface area (Å²) in [6.07, 6.45) is 1.09. The molecule has 0 saturated heterocycles. The van der Waals surface area contributed by atoms with Crippen molar-refractivity contribution in [1.29, 1.82) is 0 Å². The number of rotatable bonds is 6. The van der Waals surface area contributed by atoms with Crippen molar-refractivity contribution >= 4 is 29.1 Å². The first-order valence-corrected chi connectivity index (χ1v) is 9.79. The topological polar surface area (TPSA) is 96.3 Å². The molecule has 0 spiro atoms. The summed E-state index contributed by atoms with van der Waals surface area (Å²) in [5.74, 6) is 0.975. The lowest BCUT2D eigenvalue weighted by molar-refractivity contribution is -0.116. The molecule has 0 aliphatic heterocycles. The van der Waals surface area contributed by atoms with E-state index in [-0.39, 0.29) is 11.3 Å². The van der Waals surface area contributed by atoms with Crippen LogP contribution in [0, 0.1) is 0 Å². The van der Waals surface area contributed by atoms with Gasteiger partial charge in [-0.3, -0.25) is 10.1 Å². The second-order valence-electron chi connectivity index (χ2n) is 8.02. The lowest BCUT2D eigenvalue weighted by Crippen LogP contribution is -2.19. The largest absolute Gasteiger partial charge is 0.359 e. The molecule has 0 fully saturated rings. The van der Waals surface area contributed by atoms with Crippen molar-refractivity contribution in [2.24, 2.45) is 0 Å². The van der Waals surface area contributed by atoms with Gasteiger partial charge in [-0.15, -0.1) is 0 Å². The molecule has 3 aromatic rings. The van der Waals surface area contributed by atoms with Crippen LogP contribution < -0.4 is 16.0 Å². The number of hydrogen-bond acceptors (Lipinski definition) is 4. The van der Waals surface area contributed by atoms with Gasteiger partial charge in [0, 0.05) is 29.3 Å². The molecule has 30 heavy (non-hydrogen) atoms. The molecule has 0 atom stereocenters. The number of amides is 3. The van der Waals surface area contributed by atoms with Crippen LogP contribution in [0.15, 0.2) is 65.2 Å². The van der Waals surface area contributed by atoms with Crippen LogP contribution in [-0.4, -0.2) is 17.1 Å². The Bertz CT molecular complexity index is 989. The zero-order valence-corrected chi connectivity index (χ0v) is 17.4. The second kappa shape index (κ2) is 9.26. The molecule has 2 aromatic carbocycles. The minimum Gasteiger partial charge on any atom is -0.359 e. The van der Waals surface area contributed by atoms with Crippen LogP contribution in [0.25, 0.3) is 0 Å². The average molecular weight is 406 g/mol. The molecular weight excluding hydrogens is 380 g/mol. The third-order valence-electron chi connectivity index (χ3n) is 4.40. The van der Waals surface area contributed by atoms with Crippen molar-refractivity contribution in [3.05, 3.63) is 72.0 Å². The van der Waals surface area contributed by atoms with Crippen LogP contribution in [0.3, 0.4) is 0 Å². The lowest BCUT2D eigenvalue weighted by atomic mass is 9.93. The van der Waals surface area contributed by atoms with Gasteiger partial charge in [-0.05, 0) is 36.2 Å². The molecule has 0 unspecified atom stereocenters. The minimum atomic E-state index is -0.427. The van der Waals surface area contributed by atoms with Gasteiger partial charge in [0.2, 0.25) is 5.91 Å². The first kappa shape index (κ1) is 21.1. The van der Waals surface area contributed by atoms with Crippen LogP contribution >= 0.6 is 0 Å². The summed E-state index contributed by atoms with van der Waals surface area (Å²) in [5, 5.41) is 12.1. The molecule has 1 aromatic heterocycles. The first-order valence-electron chi connectivity index (χ1n) is 9.79. The Kier molecular flexibility index (Phi) is 6.51. The molecule has 156 valence electrons. The standard InChI is InChI=1S/C23H26N4O3/c1-23(2,3)19-15-20(27-30-19)26-22(29)25-18-12-10-17(11-13-18)24-21(28)14-9-16-7-5-4-6-8-16/h4-8,10-13,15H,9,14H2,1-3H3,(H,24,28)(H2,25,26,27,29). The number of nitrogens with one attached hydrogen (secondary N) is 3. The van der Waals surface area contributed by atoms with E-state index in [0.717, 1.165) is 5.56 Å². The van der Waals surface area contributed by atoms with Crippen molar-refractivity contribution in [3.8, 4) is 0 Å². The maximum atomic E-state index is 12.1. The molecule has 3 rings (SSSR count). The van der Waals surface area contributed by atoms with Crippen LogP contribution in [0.4, 0.5) is 22.0 Å². The molecule has 0 radical (unpaired) electrons. The fraction of sp³-hybridized carbons (Fsp3) is 0.261. The number of anilines is 3. The molecule has 7 heteroatoms. The molecule has 0 aliphatic carbocycles. The fourth-order valence-electron chi connectivity index (χ4n) is 2.73. The number of carbonyl (C=O) groups is 2. The summed E-state index contributed by atoms with van der Waals surface area (Å²) in [7, 11) is 0. The second-order valence-corrected chi connectivity index (χ2v) is 8.02. The average Bonchev–Trinajstić information content (AvgIpc) is 3.17. The van der Waals surface area contributed by atoms with Gasteiger partial charge >= 0.3 is 6.03 Å². The Morgan fingerprint density at radius 3 is 2.13 bits per heavy atom. The van der Waals surface area contributed by atoms with Crippen molar-refractivity contribution in [2.75, 3.05) is 16.0 Å². The number of aromatic nitrogens is 1. The highest BCUT2D eigenvalue weighted by atomic mass is 16.5. The molecule has 1 heterocycles. The van der Waals surface area contributed by atoms with E-state index in [4.69, 9.17) is 4.52 Å². The summed E-state index contributed by atoms with van der Waals surface area (Å²) >= 11 is 0. The molecule has 7 nitrogen and oxygen atoms in total. The predicted octanol–water partition coefficient (Wildman–Crippen LogP) is 5.19. The molecule has 0 saturated carbocycles. The van der Waals surface area contributed by atoms with Gasteiger partial charge in [-0.2, -0.15) is 0 Å². The van der Waals surface area contributed by atoms with Crippen LogP contribution in [-0.2, 0) is 16.6 Å². The summed E-state index contributed by atoms with van der Waals surface area (Å²) in [6, 6.07) is 18.1. The van der Waals surface area contributed by atoms with E-state index in [9.17, 15) is 9.59 Å². The zero-order valence-electron chi connectivity index (χ0n) is 17.4. The highest BCUT2D eigenvalue weighted by Crippen LogP contribution is 2.24. The zero-order chi connectivity index (χ0) is 21.6. The number of carbonyl (C=O) groups excluding carboxylic acids is 2. The van der Waals surface area contributed by atoms with Gasteiger partial charge in [0.1, 0.15) is 5.76 Å². The van der Waals surface area contributed by atoms with E-state index in [1.807, 2.05) is 51.1 Å².